The SMILES string of the molecule is C=CCN1CCN(c2ccnc(OCc3ccccc3)c2)CC1. The van der Waals surface area contributed by atoms with Crippen LogP contribution in [0.15, 0.2) is 61.3 Å². The molecule has 120 valence electrons. The lowest BCUT2D eigenvalue weighted by Gasteiger charge is -2.35. The highest BCUT2D eigenvalue weighted by Gasteiger charge is 2.16. The minimum absolute atomic E-state index is 0.546. The topological polar surface area (TPSA) is 28.6 Å². The highest BCUT2D eigenvalue weighted by Crippen LogP contribution is 2.21. The van der Waals surface area contributed by atoms with Gasteiger partial charge in [0.05, 0.1) is 0 Å². The highest BCUT2D eigenvalue weighted by molar-refractivity contribution is 5.48. The Kier molecular flexibility index (Phi) is 5.27. The second-order valence-corrected chi connectivity index (χ2v) is 5.70. The number of rotatable bonds is 6. The molecule has 0 radical (unpaired) electrons. The van der Waals surface area contributed by atoms with Gasteiger partial charge in [0.2, 0.25) is 5.88 Å². The smallest absolute Gasteiger partial charge is 0.215 e. The quantitative estimate of drug-likeness (QED) is 0.767. The van der Waals surface area contributed by atoms with Gasteiger partial charge in [-0.2, -0.15) is 0 Å². The van der Waals surface area contributed by atoms with Gasteiger partial charge in [0, 0.05) is 50.7 Å². The predicted molar refractivity (Wildman–Crippen MR) is 93.9 cm³/mol. The zero-order chi connectivity index (χ0) is 15.9. The predicted octanol–water partition coefficient (Wildman–Crippen LogP) is 2.97. The summed E-state index contributed by atoms with van der Waals surface area (Å²) in [6, 6.07) is 14.3. The third-order valence-corrected chi connectivity index (χ3v) is 4.07. The summed E-state index contributed by atoms with van der Waals surface area (Å²) in [6.45, 7) is 9.50. The van der Waals surface area contributed by atoms with E-state index in [1.54, 1.807) is 0 Å². The number of nitrogens with zero attached hydrogens (tertiary/aromatic N) is 3. The Morgan fingerprint density at radius 2 is 1.87 bits per heavy atom. The summed E-state index contributed by atoms with van der Waals surface area (Å²) in [5.41, 5.74) is 2.33. The van der Waals surface area contributed by atoms with Gasteiger partial charge in [0.1, 0.15) is 6.61 Å². The lowest BCUT2D eigenvalue weighted by atomic mass is 10.2. The van der Waals surface area contributed by atoms with Crippen LogP contribution in [0.1, 0.15) is 5.56 Å². The van der Waals surface area contributed by atoms with Crippen LogP contribution in [0, 0.1) is 0 Å². The first-order chi connectivity index (χ1) is 11.3. The Bertz CT molecular complexity index is 622. The van der Waals surface area contributed by atoms with Crippen molar-refractivity contribution >= 4 is 5.69 Å². The summed E-state index contributed by atoms with van der Waals surface area (Å²) in [5, 5.41) is 0. The molecule has 0 bridgehead atoms. The van der Waals surface area contributed by atoms with Crippen LogP contribution in [0.4, 0.5) is 5.69 Å². The van der Waals surface area contributed by atoms with E-state index < -0.39 is 0 Å². The Labute approximate surface area is 138 Å². The minimum atomic E-state index is 0.546. The first kappa shape index (κ1) is 15.6. The van der Waals surface area contributed by atoms with E-state index in [4.69, 9.17) is 4.74 Å². The molecule has 0 N–H and O–H groups in total. The molecule has 2 heterocycles. The van der Waals surface area contributed by atoms with Crippen LogP contribution in [0.5, 0.6) is 5.88 Å². The number of pyridine rings is 1. The van der Waals surface area contributed by atoms with Gasteiger partial charge in [-0.15, -0.1) is 6.58 Å². The van der Waals surface area contributed by atoms with Gasteiger partial charge in [0.25, 0.3) is 0 Å². The van der Waals surface area contributed by atoms with Crippen LogP contribution in [0.3, 0.4) is 0 Å². The molecule has 4 heteroatoms. The molecule has 0 saturated carbocycles. The number of hydrogen-bond donors (Lipinski definition) is 0. The van der Waals surface area contributed by atoms with Crippen molar-refractivity contribution in [2.75, 3.05) is 37.6 Å². The van der Waals surface area contributed by atoms with Gasteiger partial charge in [-0.3, -0.25) is 4.90 Å². The number of aromatic nitrogens is 1. The summed E-state index contributed by atoms with van der Waals surface area (Å²) >= 11 is 0. The molecule has 2 aromatic rings. The average molecular weight is 309 g/mol. The molecule has 1 saturated heterocycles. The third-order valence-electron chi connectivity index (χ3n) is 4.07. The molecule has 1 aliphatic rings. The van der Waals surface area contributed by atoms with E-state index in [2.05, 4.69) is 39.6 Å². The van der Waals surface area contributed by atoms with E-state index in [0.29, 0.717) is 12.5 Å². The lowest BCUT2D eigenvalue weighted by molar-refractivity contribution is 0.282. The zero-order valence-corrected chi connectivity index (χ0v) is 13.4. The van der Waals surface area contributed by atoms with Crippen molar-refractivity contribution in [1.29, 1.82) is 0 Å². The number of benzene rings is 1. The average Bonchev–Trinajstić information content (AvgIpc) is 2.62. The van der Waals surface area contributed by atoms with Crippen molar-refractivity contribution in [2.45, 2.75) is 6.61 Å². The van der Waals surface area contributed by atoms with Crippen molar-refractivity contribution in [3.8, 4) is 5.88 Å². The molecule has 1 aromatic heterocycles. The highest BCUT2D eigenvalue weighted by atomic mass is 16.5. The molecule has 3 rings (SSSR count). The largest absolute Gasteiger partial charge is 0.473 e. The van der Waals surface area contributed by atoms with E-state index in [9.17, 15) is 0 Å². The third kappa shape index (κ3) is 4.33. The van der Waals surface area contributed by atoms with Crippen LogP contribution in [-0.4, -0.2) is 42.6 Å². The number of hydrogen-bond acceptors (Lipinski definition) is 4. The molecular formula is C19H23N3O. The van der Waals surface area contributed by atoms with E-state index in [1.165, 1.54) is 5.69 Å². The Morgan fingerprint density at radius 1 is 1.09 bits per heavy atom. The van der Waals surface area contributed by atoms with Crippen LogP contribution < -0.4 is 9.64 Å². The van der Waals surface area contributed by atoms with Crippen molar-refractivity contribution in [1.82, 2.24) is 9.88 Å². The summed E-state index contributed by atoms with van der Waals surface area (Å²) in [5.74, 6) is 0.680. The molecule has 1 fully saturated rings. The van der Waals surface area contributed by atoms with Crippen molar-refractivity contribution < 1.29 is 4.74 Å². The first-order valence-electron chi connectivity index (χ1n) is 8.06. The second kappa shape index (κ2) is 7.79. The Morgan fingerprint density at radius 3 is 2.61 bits per heavy atom. The van der Waals surface area contributed by atoms with E-state index in [-0.39, 0.29) is 0 Å². The normalized spacial score (nSPS) is 15.4. The van der Waals surface area contributed by atoms with Gasteiger partial charge >= 0.3 is 0 Å². The van der Waals surface area contributed by atoms with Crippen LogP contribution >= 0.6 is 0 Å². The fourth-order valence-electron chi connectivity index (χ4n) is 2.78. The van der Waals surface area contributed by atoms with Crippen molar-refractivity contribution in [3.05, 3.63) is 66.9 Å². The van der Waals surface area contributed by atoms with Crippen LogP contribution in [0.2, 0.25) is 0 Å². The van der Waals surface area contributed by atoms with Gasteiger partial charge in [-0.05, 0) is 11.6 Å². The monoisotopic (exact) mass is 309 g/mol. The van der Waals surface area contributed by atoms with Crippen LogP contribution in [-0.2, 0) is 6.61 Å². The van der Waals surface area contributed by atoms with Crippen molar-refractivity contribution in [3.63, 3.8) is 0 Å². The maximum atomic E-state index is 5.82. The molecule has 0 amide bonds. The van der Waals surface area contributed by atoms with E-state index >= 15 is 0 Å². The number of anilines is 1. The van der Waals surface area contributed by atoms with Gasteiger partial charge in [-0.25, -0.2) is 4.98 Å². The van der Waals surface area contributed by atoms with Crippen LogP contribution in [0.25, 0.3) is 0 Å². The van der Waals surface area contributed by atoms with Gasteiger partial charge in [0.15, 0.2) is 0 Å². The molecule has 23 heavy (non-hydrogen) atoms. The summed E-state index contributed by atoms with van der Waals surface area (Å²) in [7, 11) is 0. The molecule has 0 spiro atoms. The minimum Gasteiger partial charge on any atom is -0.473 e. The maximum Gasteiger partial charge on any atom is 0.215 e. The standard InChI is InChI=1S/C19H23N3O/c1-2-10-21-11-13-22(14-12-21)18-8-9-20-19(15-18)23-16-17-6-4-3-5-7-17/h2-9,15H,1,10-14,16H2. The molecule has 0 aliphatic carbocycles. The molecule has 0 unspecified atom stereocenters. The first-order valence-corrected chi connectivity index (χ1v) is 8.06. The molecular weight excluding hydrogens is 286 g/mol. The molecule has 4 nitrogen and oxygen atoms in total. The zero-order valence-electron chi connectivity index (χ0n) is 13.4. The molecule has 0 atom stereocenters. The Hall–Kier alpha value is -2.33. The second-order valence-electron chi connectivity index (χ2n) is 5.70. The van der Waals surface area contributed by atoms with Crippen molar-refractivity contribution in [2.24, 2.45) is 0 Å². The number of piperazine rings is 1. The fraction of sp³-hybridized carbons (Fsp3) is 0.316. The summed E-state index contributed by atoms with van der Waals surface area (Å²) in [4.78, 5) is 9.12. The summed E-state index contributed by atoms with van der Waals surface area (Å²) < 4.78 is 5.82. The fourth-order valence-corrected chi connectivity index (χ4v) is 2.78. The van der Waals surface area contributed by atoms with E-state index in [0.717, 1.165) is 38.3 Å². The van der Waals surface area contributed by atoms with E-state index in [1.807, 2.05) is 36.5 Å². The van der Waals surface area contributed by atoms with Gasteiger partial charge < -0.3 is 9.64 Å². The maximum absolute atomic E-state index is 5.82. The molecule has 1 aromatic carbocycles. The lowest BCUT2D eigenvalue weighted by Crippen LogP contribution is -2.46. The van der Waals surface area contributed by atoms with Gasteiger partial charge in [-0.1, -0.05) is 36.4 Å². The molecule has 1 aliphatic heterocycles. The summed E-state index contributed by atoms with van der Waals surface area (Å²) in [6.07, 6.45) is 3.80. The number of ether oxygens (including phenoxy) is 1. The Balaban J connectivity index is 1.58.